The van der Waals surface area contributed by atoms with Crippen molar-refractivity contribution in [2.75, 3.05) is 43.0 Å². The van der Waals surface area contributed by atoms with E-state index in [0.717, 1.165) is 48.6 Å². The van der Waals surface area contributed by atoms with Crippen LogP contribution >= 0.6 is 0 Å². The van der Waals surface area contributed by atoms with Crippen molar-refractivity contribution in [2.45, 2.75) is 38.8 Å². The van der Waals surface area contributed by atoms with Crippen LogP contribution in [0.5, 0.6) is 0 Å². The van der Waals surface area contributed by atoms with E-state index >= 15 is 0 Å². The molecule has 1 aromatic heterocycles. The third-order valence-electron chi connectivity index (χ3n) is 6.59. The minimum Gasteiger partial charge on any atom is -0.368 e. The Hall–Kier alpha value is -4.02. The first kappa shape index (κ1) is 28.0. The lowest BCUT2D eigenvalue weighted by atomic mass is 10.1. The number of nitrogens with one attached hydrogen (secondary N) is 2. The van der Waals surface area contributed by atoms with Crippen LogP contribution < -0.4 is 21.3 Å². The molecule has 2 aromatic rings. The maximum atomic E-state index is 12.1. The molecule has 2 atom stereocenters. The number of amides is 2. The van der Waals surface area contributed by atoms with Gasteiger partial charge in [0.25, 0.3) is 5.91 Å². The molecule has 4 N–H and O–H groups in total. The predicted molar refractivity (Wildman–Crippen MR) is 153 cm³/mol. The number of allylic oxidation sites excluding steroid dienone is 5. The fraction of sp³-hybridized carbons (Fsp3) is 0.379. The number of hydrogen-bond acceptors (Lipinski definition) is 8. The Balaban J connectivity index is 1.35. The molecule has 2 saturated heterocycles. The lowest BCUT2D eigenvalue weighted by Gasteiger charge is -2.36. The molecule has 10 nitrogen and oxygen atoms in total. The standard InChI is InChI=1S/C29H37N7O3/c1-3-6-22(7-4-14-31-27(37)26-8-5-20-39-26)25-13-15-32-29(34-25)33-23-9-11-24(12-10-23)35-16-18-36(19-17-35)28(38)21(2)30/h3-4,6-7,9-15,21,26H,5,8,16-20,30H2,1-2H3,(H,31,37)(H,32,33,34)/b6-3-,14-4+,22-7+/t21-,26?/m0/s1. The van der Waals surface area contributed by atoms with Crippen molar-refractivity contribution in [3.05, 3.63) is 72.7 Å². The Morgan fingerprint density at radius 1 is 1.15 bits per heavy atom. The Bertz CT molecular complexity index is 1210. The molecule has 1 aromatic carbocycles. The van der Waals surface area contributed by atoms with Crippen LogP contribution in [0.15, 0.2) is 67.0 Å². The lowest BCUT2D eigenvalue weighted by molar-refractivity contribution is -0.132. The van der Waals surface area contributed by atoms with Crippen molar-refractivity contribution in [3.8, 4) is 0 Å². The highest BCUT2D eigenvalue weighted by Gasteiger charge is 2.23. The monoisotopic (exact) mass is 531 g/mol. The minimum absolute atomic E-state index is 0.000991. The van der Waals surface area contributed by atoms with Crippen molar-refractivity contribution >= 4 is 34.7 Å². The third-order valence-corrected chi connectivity index (χ3v) is 6.59. The number of benzene rings is 1. The first-order valence-corrected chi connectivity index (χ1v) is 13.4. The van der Waals surface area contributed by atoms with Crippen LogP contribution in [-0.4, -0.2) is 71.6 Å². The van der Waals surface area contributed by atoms with E-state index in [9.17, 15) is 9.59 Å². The second-order valence-electron chi connectivity index (χ2n) is 9.53. The SMILES string of the molecule is C\C=C/C(=C\C=C\NC(=O)C1CCCO1)c1ccnc(Nc2ccc(N3CCN(C(=O)[C@H](C)N)CC3)cc2)n1. The summed E-state index contributed by atoms with van der Waals surface area (Å²) >= 11 is 0. The number of nitrogens with zero attached hydrogens (tertiary/aromatic N) is 4. The molecule has 206 valence electrons. The van der Waals surface area contributed by atoms with Crippen molar-refractivity contribution in [1.82, 2.24) is 20.2 Å². The highest BCUT2D eigenvalue weighted by molar-refractivity contribution is 5.82. The molecule has 4 rings (SSSR count). The van der Waals surface area contributed by atoms with Crippen molar-refractivity contribution in [3.63, 3.8) is 0 Å². The molecule has 2 aliphatic rings. The van der Waals surface area contributed by atoms with E-state index in [1.807, 2.05) is 48.3 Å². The Kier molecular flexibility index (Phi) is 9.82. The number of rotatable bonds is 9. The smallest absolute Gasteiger partial charge is 0.253 e. The highest BCUT2D eigenvalue weighted by Crippen LogP contribution is 2.22. The van der Waals surface area contributed by atoms with Gasteiger partial charge in [0.1, 0.15) is 6.10 Å². The van der Waals surface area contributed by atoms with Gasteiger partial charge in [0.15, 0.2) is 0 Å². The first-order chi connectivity index (χ1) is 18.9. The number of nitrogens with two attached hydrogens (primary N) is 1. The maximum absolute atomic E-state index is 12.1. The summed E-state index contributed by atoms with van der Waals surface area (Å²) in [6.45, 7) is 7.17. The van der Waals surface area contributed by atoms with E-state index in [-0.39, 0.29) is 17.9 Å². The maximum Gasteiger partial charge on any atom is 0.253 e. The molecule has 2 aliphatic heterocycles. The summed E-state index contributed by atoms with van der Waals surface area (Å²) in [5, 5.41) is 6.04. The molecular formula is C29H37N7O3. The highest BCUT2D eigenvalue weighted by atomic mass is 16.5. The van der Waals surface area contributed by atoms with Gasteiger partial charge in [-0.2, -0.15) is 0 Å². The molecule has 39 heavy (non-hydrogen) atoms. The molecule has 1 unspecified atom stereocenters. The van der Waals surface area contributed by atoms with E-state index in [1.165, 1.54) is 0 Å². The number of carbonyl (C=O) groups is 2. The topological polar surface area (TPSA) is 126 Å². The molecule has 0 spiro atoms. The summed E-state index contributed by atoms with van der Waals surface area (Å²) < 4.78 is 5.40. The minimum atomic E-state index is -0.465. The quantitative estimate of drug-likeness (QED) is 0.422. The van der Waals surface area contributed by atoms with Crippen LogP contribution in [0.2, 0.25) is 0 Å². The molecule has 10 heteroatoms. The van der Waals surface area contributed by atoms with Crippen molar-refractivity contribution in [2.24, 2.45) is 5.73 Å². The second-order valence-corrected chi connectivity index (χ2v) is 9.53. The Morgan fingerprint density at radius 2 is 1.92 bits per heavy atom. The van der Waals surface area contributed by atoms with Crippen LogP contribution in [-0.2, 0) is 14.3 Å². The number of anilines is 3. The number of piperazine rings is 1. The summed E-state index contributed by atoms with van der Waals surface area (Å²) in [5.41, 5.74) is 9.33. The second kappa shape index (κ2) is 13.7. The fourth-order valence-corrected chi connectivity index (χ4v) is 4.50. The molecule has 0 radical (unpaired) electrons. The van der Waals surface area contributed by atoms with E-state index in [4.69, 9.17) is 10.5 Å². The average Bonchev–Trinajstić information content (AvgIpc) is 3.50. The summed E-state index contributed by atoms with van der Waals surface area (Å²) in [4.78, 5) is 37.4. The van der Waals surface area contributed by atoms with Gasteiger partial charge < -0.3 is 30.9 Å². The van der Waals surface area contributed by atoms with Crippen LogP contribution in [0.4, 0.5) is 17.3 Å². The van der Waals surface area contributed by atoms with Crippen LogP contribution in [0.3, 0.4) is 0 Å². The lowest BCUT2D eigenvalue weighted by Crippen LogP contribution is -2.52. The van der Waals surface area contributed by atoms with Gasteiger partial charge in [-0.3, -0.25) is 9.59 Å². The predicted octanol–water partition coefficient (Wildman–Crippen LogP) is 2.98. The van der Waals surface area contributed by atoms with Crippen LogP contribution in [0.1, 0.15) is 32.4 Å². The normalized spacial score (nSPS) is 19.1. The molecule has 2 amide bonds. The molecule has 3 heterocycles. The largest absolute Gasteiger partial charge is 0.368 e. The van der Waals surface area contributed by atoms with Gasteiger partial charge in [-0.15, -0.1) is 0 Å². The van der Waals surface area contributed by atoms with E-state index < -0.39 is 6.04 Å². The molecular weight excluding hydrogens is 494 g/mol. The van der Waals surface area contributed by atoms with E-state index in [1.54, 1.807) is 25.4 Å². The van der Waals surface area contributed by atoms with Crippen LogP contribution in [0.25, 0.3) is 5.57 Å². The Labute approximate surface area is 229 Å². The van der Waals surface area contributed by atoms with Gasteiger partial charge in [0, 0.05) is 62.1 Å². The first-order valence-electron chi connectivity index (χ1n) is 13.4. The van der Waals surface area contributed by atoms with Gasteiger partial charge in [-0.1, -0.05) is 18.2 Å². The van der Waals surface area contributed by atoms with Crippen molar-refractivity contribution < 1.29 is 14.3 Å². The molecule has 0 aliphatic carbocycles. The zero-order chi connectivity index (χ0) is 27.6. The van der Waals surface area contributed by atoms with Crippen LogP contribution in [0, 0.1) is 0 Å². The average molecular weight is 532 g/mol. The van der Waals surface area contributed by atoms with Crippen molar-refractivity contribution in [1.29, 1.82) is 0 Å². The molecule has 2 fully saturated rings. The van der Waals surface area contributed by atoms with Gasteiger partial charge >= 0.3 is 0 Å². The summed E-state index contributed by atoms with van der Waals surface area (Å²) in [5.74, 6) is 0.360. The summed E-state index contributed by atoms with van der Waals surface area (Å²) in [6.07, 6.45) is 12.2. The third kappa shape index (κ3) is 7.75. The summed E-state index contributed by atoms with van der Waals surface area (Å²) in [7, 11) is 0. The number of hydrogen-bond donors (Lipinski definition) is 3. The zero-order valence-electron chi connectivity index (χ0n) is 22.5. The number of aromatic nitrogens is 2. The van der Waals surface area contributed by atoms with E-state index in [2.05, 4.69) is 37.6 Å². The number of ether oxygens (including phenoxy) is 1. The zero-order valence-corrected chi connectivity index (χ0v) is 22.5. The molecule has 0 bridgehead atoms. The summed E-state index contributed by atoms with van der Waals surface area (Å²) in [6, 6.07) is 9.47. The Morgan fingerprint density at radius 3 is 2.59 bits per heavy atom. The van der Waals surface area contributed by atoms with Gasteiger partial charge in [-0.25, -0.2) is 9.97 Å². The van der Waals surface area contributed by atoms with Gasteiger partial charge in [0.2, 0.25) is 11.9 Å². The van der Waals surface area contributed by atoms with Gasteiger partial charge in [0.05, 0.1) is 11.7 Å². The fourth-order valence-electron chi connectivity index (χ4n) is 4.50. The van der Waals surface area contributed by atoms with Gasteiger partial charge in [-0.05, 0) is 63.1 Å². The molecule has 0 saturated carbocycles. The number of carbonyl (C=O) groups excluding carboxylic acids is 2. The van der Waals surface area contributed by atoms with E-state index in [0.29, 0.717) is 25.6 Å².